The Kier molecular flexibility index (Phi) is 7.78. The second kappa shape index (κ2) is 10.4. The average Bonchev–Trinajstić information content (AvgIpc) is 2.79. The molecule has 3 rings (SSSR count). The molecule has 0 aliphatic carbocycles. The summed E-state index contributed by atoms with van der Waals surface area (Å²) in [6.07, 6.45) is 0.770. The van der Waals surface area contributed by atoms with Gasteiger partial charge < -0.3 is 15.1 Å². The molecule has 0 saturated heterocycles. The van der Waals surface area contributed by atoms with Gasteiger partial charge in [-0.3, -0.25) is 4.79 Å². The summed E-state index contributed by atoms with van der Waals surface area (Å²) in [7, 11) is 3.73. The van der Waals surface area contributed by atoms with Crippen LogP contribution in [0.4, 0.5) is 4.39 Å². The summed E-state index contributed by atoms with van der Waals surface area (Å²) in [5.41, 5.74) is 1.20. The molecule has 0 spiro atoms. The van der Waals surface area contributed by atoms with Crippen molar-refractivity contribution in [2.24, 2.45) is 5.92 Å². The van der Waals surface area contributed by atoms with Gasteiger partial charge in [0.15, 0.2) is 0 Å². The number of halogens is 1. The van der Waals surface area contributed by atoms with E-state index in [1.54, 1.807) is 37.3 Å². The molecule has 4 atom stereocenters. The zero-order chi connectivity index (χ0) is 25.0. The minimum absolute atomic E-state index is 0.00612. The lowest BCUT2D eigenvalue weighted by Crippen LogP contribution is -2.55. The molecule has 2 N–H and O–H groups in total. The minimum atomic E-state index is -1.37. The summed E-state index contributed by atoms with van der Waals surface area (Å²) < 4.78 is 15.3. The largest absolute Gasteiger partial charge is 0.508 e. The number of phenols is 1. The van der Waals surface area contributed by atoms with Gasteiger partial charge in [0, 0.05) is 11.6 Å². The van der Waals surface area contributed by atoms with Crippen LogP contribution < -0.4 is 0 Å². The van der Waals surface area contributed by atoms with Crippen molar-refractivity contribution in [3.63, 3.8) is 0 Å². The monoisotopic (exact) mass is 463 g/mol. The zero-order valence-corrected chi connectivity index (χ0v) is 20.5. The van der Waals surface area contributed by atoms with E-state index in [4.69, 9.17) is 0 Å². The summed E-state index contributed by atoms with van der Waals surface area (Å²) in [5, 5.41) is 20.5. The van der Waals surface area contributed by atoms with Crippen LogP contribution in [0.5, 0.6) is 5.75 Å². The first-order valence-corrected chi connectivity index (χ1v) is 11.6. The molecule has 0 aliphatic heterocycles. The van der Waals surface area contributed by atoms with Crippen LogP contribution in [-0.4, -0.2) is 41.2 Å². The van der Waals surface area contributed by atoms with Crippen LogP contribution in [0.25, 0.3) is 11.1 Å². The van der Waals surface area contributed by atoms with Crippen LogP contribution >= 0.6 is 0 Å². The quantitative estimate of drug-likeness (QED) is 0.391. The number of phenolic OH excluding ortho intramolecular Hbond substituents is 1. The van der Waals surface area contributed by atoms with Crippen LogP contribution in [-0.2, 0) is 10.2 Å². The van der Waals surface area contributed by atoms with Gasteiger partial charge >= 0.3 is 5.97 Å². The number of carboxylic acids is 1. The average molecular weight is 464 g/mol. The predicted molar refractivity (Wildman–Crippen MR) is 135 cm³/mol. The van der Waals surface area contributed by atoms with Crippen LogP contribution in [0, 0.1) is 11.7 Å². The highest BCUT2D eigenvalue weighted by Crippen LogP contribution is 2.42. The number of nitrogens with zero attached hydrogens (tertiary/aromatic N) is 1. The fraction of sp³-hybridized carbons (Fsp3) is 0.345. The zero-order valence-electron chi connectivity index (χ0n) is 20.5. The fourth-order valence-corrected chi connectivity index (χ4v) is 5.51. The molecule has 3 aromatic rings. The van der Waals surface area contributed by atoms with E-state index in [2.05, 4.69) is 6.92 Å². The van der Waals surface area contributed by atoms with E-state index in [1.807, 2.05) is 62.3 Å². The van der Waals surface area contributed by atoms with Crippen molar-refractivity contribution < 1.29 is 19.4 Å². The molecular formula is C29H34FNO3. The van der Waals surface area contributed by atoms with Crippen molar-refractivity contribution in [1.29, 1.82) is 0 Å². The number of likely N-dealkylation sites (N-methyl/N-ethyl adjacent to an activating group) is 1. The molecule has 0 radical (unpaired) electrons. The second-order valence-corrected chi connectivity index (χ2v) is 9.45. The van der Waals surface area contributed by atoms with E-state index in [9.17, 15) is 15.0 Å². The first-order chi connectivity index (χ1) is 16.1. The van der Waals surface area contributed by atoms with Crippen LogP contribution in [0.2, 0.25) is 0 Å². The predicted octanol–water partition coefficient (Wildman–Crippen LogP) is 6.30. The summed E-state index contributed by atoms with van der Waals surface area (Å²) in [4.78, 5) is 14.8. The Hall–Kier alpha value is -3.18. The third-order valence-electron chi connectivity index (χ3n) is 7.12. The maximum atomic E-state index is 15.3. The SMILES string of the molecule is CC[C@@H](c1cccc(O)c1)[C@@H](C)C(N(C)C)[C@](C)(C(=O)O)c1ccc(-c2ccccc2)c(F)c1. The van der Waals surface area contributed by atoms with Crippen molar-refractivity contribution in [1.82, 2.24) is 4.90 Å². The molecule has 5 heteroatoms. The Balaban J connectivity index is 2.09. The number of hydrogen-bond acceptors (Lipinski definition) is 3. The molecule has 34 heavy (non-hydrogen) atoms. The summed E-state index contributed by atoms with van der Waals surface area (Å²) in [5.74, 6) is -1.37. The summed E-state index contributed by atoms with van der Waals surface area (Å²) >= 11 is 0. The second-order valence-electron chi connectivity index (χ2n) is 9.45. The normalized spacial score (nSPS) is 16.0. The van der Waals surface area contributed by atoms with Gasteiger partial charge in [-0.05, 0) is 74.2 Å². The van der Waals surface area contributed by atoms with Gasteiger partial charge in [0.25, 0.3) is 0 Å². The number of aliphatic carboxylic acids is 1. The van der Waals surface area contributed by atoms with Crippen molar-refractivity contribution in [2.75, 3.05) is 14.1 Å². The van der Waals surface area contributed by atoms with Crippen molar-refractivity contribution in [3.8, 4) is 16.9 Å². The number of aromatic hydroxyl groups is 1. The van der Waals surface area contributed by atoms with Crippen molar-refractivity contribution in [2.45, 2.75) is 44.6 Å². The number of carbonyl (C=O) groups is 1. The molecular weight excluding hydrogens is 429 g/mol. The maximum Gasteiger partial charge on any atom is 0.315 e. The molecule has 0 saturated carbocycles. The lowest BCUT2D eigenvalue weighted by molar-refractivity contribution is -0.147. The highest BCUT2D eigenvalue weighted by molar-refractivity contribution is 5.82. The number of hydrogen-bond donors (Lipinski definition) is 2. The number of rotatable bonds is 9. The number of carboxylic acid groups (broad SMARTS) is 1. The Labute approximate surface area is 201 Å². The van der Waals surface area contributed by atoms with Gasteiger partial charge in [0.05, 0.1) is 0 Å². The van der Waals surface area contributed by atoms with E-state index < -0.39 is 23.2 Å². The van der Waals surface area contributed by atoms with Gasteiger partial charge in [-0.15, -0.1) is 0 Å². The van der Waals surface area contributed by atoms with E-state index in [-0.39, 0.29) is 17.6 Å². The third-order valence-corrected chi connectivity index (χ3v) is 7.12. The van der Waals surface area contributed by atoms with Gasteiger partial charge in [-0.1, -0.05) is 68.4 Å². The molecule has 0 aromatic heterocycles. The highest BCUT2D eigenvalue weighted by Gasteiger charge is 2.48. The van der Waals surface area contributed by atoms with Gasteiger partial charge in [0.2, 0.25) is 0 Å². The lowest BCUT2D eigenvalue weighted by Gasteiger charge is -2.45. The molecule has 0 fully saturated rings. The topological polar surface area (TPSA) is 60.8 Å². The number of benzene rings is 3. The summed E-state index contributed by atoms with van der Waals surface area (Å²) in [6.45, 7) is 5.78. The molecule has 0 heterocycles. The molecule has 0 bridgehead atoms. The van der Waals surface area contributed by atoms with Gasteiger partial charge in [-0.25, -0.2) is 4.39 Å². The van der Waals surface area contributed by atoms with Gasteiger partial charge in [-0.2, -0.15) is 0 Å². The third kappa shape index (κ3) is 4.85. The highest BCUT2D eigenvalue weighted by atomic mass is 19.1. The van der Waals surface area contributed by atoms with Crippen molar-refractivity contribution in [3.05, 3.63) is 89.7 Å². The van der Waals surface area contributed by atoms with Crippen molar-refractivity contribution >= 4 is 5.97 Å². The minimum Gasteiger partial charge on any atom is -0.508 e. The molecule has 0 amide bonds. The van der Waals surface area contributed by atoms with E-state index in [0.717, 1.165) is 17.5 Å². The fourth-order valence-electron chi connectivity index (χ4n) is 5.51. The van der Waals surface area contributed by atoms with E-state index in [1.165, 1.54) is 6.07 Å². The molecule has 3 aromatic carbocycles. The van der Waals surface area contributed by atoms with Crippen LogP contribution in [0.1, 0.15) is 44.2 Å². The first kappa shape index (κ1) is 25.4. The van der Waals surface area contributed by atoms with Gasteiger partial charge in [0.1, 0.15) is 17.0 Å². The Bertz CT molecular complexity index is 1130. The smallest absolute Gasteiger partial charge is 0.315 e. The molecule has 4 nitrogen and oxygen atoms in total. The Morgan fingerprint density at radius 2 is 1.71 bits per heavy atom. The van der Waals surface area contributed by atoms with Crippen LogP contribution in [0.15, 0.2) is 72.8 Å². The first-order valence-electron chi connectivity index (χ1n) is 11.6. The molecule has 1 unspecified atom stereocenters. The Morgan fingerprint density at radius 1 is 1.03 bits per heavy atom. The lowest BCUT2D eigenvalue weighted by atomic mass is 9.66. The van der Waals surface area contributed by atoms with E-state index >= 15 is 4.39 Å². The van der Waals surface area contributed by atoms with E-state index in [0.29, 0.717) is 11.1 Å². The van der Waals surface area contributed by atoms with Crippen LogP contribution in [0.3, 0.4) is 0 Å². The summed E-state index contributed by atoms with van der Waals surface area (Å²) in [6, 6.07) is 20.7. The maximum absolute atomic E-state index is 15.3. The molecule has 0 aliphatic rings. The standard InChI is InChI=1S/C29H34FNO3/c1-6-24(21-13-10-14-23(32)17-21)19(2)27(31(4)5)29(3,28(33)34)22-15-16-25(26(30)18-22)20-11-8-7-9-12-20/h7-19,24,27,32H,6H2,1-5H3,(H,33,34)/t19-,24-,27?,29-/m1/s1. The molecule has 180 valence electrons. The Morgan fingerprint density at radius 3 is 2.24 bits per heavy atom.